The van der Waals surface area contributed by atoms with E-state index >= 15 is 0 Å². The van der Waals surface area contributed by atoms with Gasteiger partial charge in [-0.05, 0) is 0 Å². The summed E-state index contributed by atoms with van der Waals surface area (Å²) in [6, 6.07) is 0.111. The highest BCUT2D eigenvalue weighted by Gasteiger charge is 2.24. The molecule has 0 radical (unpaired) electrons. The van der Waals surface area contributed by atoms with E-state index in [4.69, 9.17) is 0 Å². The first-order valence-corrected chi connectivity index (χ1v) is 2.18. The van der Waals surface area contributed by atoms with Gasteiger partial charge in [-0.1, -0.05) is 0 Å². The molecule has 0 aromatic rings. The predicted molar refractivity (Wildman–Crippen MR) is 25.8 cm³/mol. The number of rotatable bonds is 0. The number of carbonyl (C=O) groups excluding carboxylic acids is 1. The summed E-state index contributed by atoms with van der Waals surface area (Å²) >= 11 is 0. The van der Waals surface area contributed by atoms with Crippen LogP contribution in [0.3, 0.4) is 0 Å². The lowest BCUT2D eigenvalue weighted by atomic mass is 10.5. The van der Waals surface area contributed by atoms with E-state index in [1.54, 1.807) is 23.9 Å². The second-order valence-electron chi connectivity index (χ2n) is 1.82. The predicted octanol–water partition coefficient (Wildman–Crippen LogP) is -0.0589. The normalized spacial score (nSPS) is 20.0. The van der Waals surface area contributed by atoms with E-state index in [0.717, 1.165) is 6.67 Å². The van der Waals surface area contributed by atoms with Crippen molar-refractivity contribution in [3.63, 3.8) is 0 Å². The Labute approximate surface area is 42.5 Å². The summed E-state index contributed by atoms with van der Waals surface area (Å²) < 4.78 is 0. The van der Waals surface area contributed by atoms with Gasteiger partial charge in [0.25, 0.3) is 0 Å². The molecule has 0 N–H and O–H groups in total. The van der Waals surface area contributed by atoms with Gasteiger partial charge in [0.05, 0.1) is 6.67 Å². The minimum Gasteiger partial charge on any atom is -0.310 e. The molecule has 1 rings (SSSR count). The Morgan fingerprint density at radius 2 is 1.86 bits per heavy atom. The molecule has 0 saturated carbocycles. The molecule has 1 aliphatic heterocycles. The largest absolute Gasteiger partial charge is 0.322 e. The molecule has 0 spiro atoms. The number of carbonyl (C=O) groups is 1. The fourth-order valence-electron chi connectivity index (χ4n) is 0.653. The van der Waals surface area contributed by atoms with Gasteiger partial charge in [-0.25, -0.2) is 4.79 Å². The average Bonchev–Trinajstić information content (AvgIpc) is 1.68. The SMILES string of the molecule is CN1CN(C)C1=O. The van der Waals surface area contributed by atoms with E-state index in [9.17, 15) is 4.79 Å². The fourth-order valence-corrected chi connectivity index (χ4v) is 0.653. The van der Waals surface area contributed by atoms with Crippen molar-refractivity contribution in [2.24, 2.45) is 0 Å². The Morgan fingerprint density at radius 3 is 1.86 bits per heavy atom. The van der Waals surface area contributed by atoms with Crippen molar-refractivity contribution in [1.82, 2.24) is 9.80 Å². The van der Waals surface area contributed by atoms with Crippen molar-refractivity contribution in [2.45, 2.75) is 0 Å². The van der Waals surface area contributed by atoms with Crippen LogP contribution >= 0.6 is 0 Å². The number of amides is 2. The van der Waals surface area contributed by atoms with Crippen LogP contribution in [0, 0.1) is 0 Å². The first kappa shape index (κ1) is 4.43. The zero-order valence-electron chi connectivity index (χ0n) is 4.51. The summed E-state index contributed by atoms with van der Waals surface area (Å²) in [5.41, 5.74) is 0. The highest BCUT2D eigenvalue weighted by molar-refractivity contribution is 5.78. The minimum atomic E-state index is 0.111. The van der Waals surface area contributed by atoms with Crippen LogP contribution in [0.15, 0.2) is 0 Å². The van der Waals surface area contributed by atoms with Crippen LogP contribution in [-0.2, 0) is 0 Å². The standard InChI is InChI=1S/C4H8N2O/c1-5-3-6(2)4(5)7/h3H2,1-2H3. The van der Waals surface area contributed by atoms with E-state index in [1.165, 1.54) is 0 Å². The van der Waals surface area contributed by atoms with Gasteiger partial charge in [0.2, 0.25) is 0 Å². The Bertz CT molecular complexity index is 91.9. The zero-order valence-corrected chi connectivity index (χ0v) is 4.51. The summed E-state index contributed by atoms with van der Waals surface area (Å²) in [6.07, 6.45) is 0. The smallest absolute Gasteiger partial charge is 0.310 e. The van der Waals surface area contributed by atoms with Crippen molar-refractivity contribution >= 4 is 6.03 Å². The van der Waals surface area contributed by atoms with E-state index in [2.05, 4.69) is 0 Å². The molecule has 1 fully saturated rings. The van der Waals surface area contributed by atoms with Gasteiger partial charge < -0.3 is 9.80 Å². The third-order valence-corrected chi connectivity index (χ3v) is 1.08. The first-order chi connectivity index (χ1) is 3.22. The monoisotopic (exact) mass is 100 g/mol. The molecule has 7 heavy (non-hydrogen) atoms. The molecule has 0 bridgehead atoms. The van der Waals surface area contributed by atoms with Crippen LogP contribution in [0.1, 0.15) is 0 Å². The lowest BCUT2D eigenvalue weighted by molar-refractivity contribution is 0.0932. The van der Waals surface area contributed by atoms with E-state index < -0.39 is 0 Å². The maximum atomic E-state index is 10.4. The number of urea groups is 1. The lowest BCUT2D eigenvalue weighted by Gasteiger charge is -2.36. The third kappa shape index (κ3) is 0.444. The van der Waals surface area contributed by atoms with Crippen LogP contribution < -0.4 is 0 Å². The highest BCUT2D eigenvalue weighted by atomic mass is 16.2. The second-order valence-corrected chi connectivity index (χ2v) is 1.82. The van der Waals surface area contributed by atoms with Crippen molar-refractivity contribution < 1.29 is 4.79 Å². The van der Waals surface area contributed by atoms with E-state index in [1.807, 2.05) is 0 Å². The molecular weight excluding hydrogens is 92.1 g/mol. The summed E-state index contributed by atoms with van der Waals surface area (Å²) in [5.74, 6) is 0. The van der Waals surface area contributed by atoms with Gasteiger partial charge in [-0.15, -0.1) is 0 Å². The summed E-state index contributed by atoms with van der Waals surface area (Å²) in [4.78, 5) is 13.7. The van der Waals surface area contributed by atoms with Crippen molar-refractivity contribution in [3.05, 3.63) is 0 Å². The van der Waals surface area contributed by atoms with Crippen molar-refractivity contribution in [3.8, 4) is 0 Å². The highest BCUT2D eigenvalue weighted by Crippen LogP contribution is 2.03. The maximum absolute atomic E-state index is 10.4. The Kier molecular flexibility index (Phi) is 0.708. The first-order valence-electron chi connectivity index (χ1n) is 2.18. The molecule has 1 aliphatic rings. The molecule has 3 nitrogen and oxygen atoms in total. The Balaban J connectivity index is 2.44. The maximum Gasteiger partial charge on any atom is 0.322 e. The molecule has 3 heteroatoms. The summed E-state index contributed by atoms with van der Waals surface area (Å²) in [7, 11) is 3.56. The van der Waals surface area contributed by atoms with Crippen LogP contribution in [-0.4, -0.2) is 36.6 Å². The van der Waals surface area contributed by atoms with Gasteiger partial charge in [0.15, 0.2) is 0 Å². The molecule has 1 saturated heterocycles. The quantitative estimate of drug-likeness (QED) is 0.418. The van der Waals surface area contributed by atoms with Gasteiger partial charge in [0.1, 0.15) is 0 Å². The minimum absolute atomic E-state index is 0.111. The Hall–Kier alpha value is -0.730. The van der Waals surface area contributed by atoms with E-state index in [0.29, 0.717) is 0 Å². The zero-order chi connectivity index (χ0) is 5.44. The molecule has 40 valence electrons. The molecule has 2 amide bonds. The molecule has 1 heterocycles. The van der Waals surface area contributed by atoms with E-state index in [-0.39, 0.29) is 6.03 Å². The molecule has 0 atom stereocenters. The van der Waals surface area contributed by atoms with Gasteiger partial charge in [-0.2, -0.15) is 0 Å². The number of hydrogen-bond donors (Lipinski definition) is 0. The van der Waals surface area contributed by atoms with Crippen LogP contribution in [0.2, 0.25) is 0 Å². The number of hydrogen-bond acceptors (Lipinski definition) is 1. The molecule has 0 unspecified atom stereocenters. The molecular formula is C4H8N2O. The topological polar surface area (TPSA) is 23.6 Å². The van der Waals surface area contributed by atoms with Crippen molar-refractivity contribution in [1.29, 1.82) is 0 Å². The van der Waals surface area contributed by atoms with Crippen molar-refractivity contribution in [2.75, 3.05) is 20.8 Å². The Morgan fingerprint density at radius 1 is 1.43 bits per heavy atom. The number of nitrogens with zero attached hydrogens (tertiary/aromatic N) is 2. The molecule has 0 aromatic heterocycles. The molecule has 0 aliphatic carbocycles. The fraction of sp³-hybridized carbons (Fsp3) is 0.750. The van der Waals surface area contributed by atoms with Crippen LogP contribution in [0.5, 0.6) is 0 Å². The third-order valence-electron chi connectivity index (χ3n) is 1.08. The molecule has 0 aromatic carbocycles. The summed E-state index contributed by atoms with van der Waals surface area (Å²) in [6.45, 7) is 0.777. The summed E-state index contributed by atoms with van der Waals surface area (Å²) in [5, 5.41) is 0. The van der Waals surface area contributed by atoms with Gasteiger partial charge in [0, 0.05) is 14.1 Å². The van der Waals surface area contributed by atoms with Gasteiger partial charge >= 0.3 is 6.03 Å². The average molecular weight is 100 g/mol. The lowest BCUT2D eigenvalue weighted by Crippen LogP contribution is -2.55. The van der Waals surface area contributed by atoms with Crippen LogP contribution in [0.25, 0.3) is 0 Å². The van der Waals surface area contributed by atoms with Gasteiger partial charge in [-0.3, -0.25) is 0 Å². The van der Waals surface area contributed by atoms with Crippen LogP contribution in [0.4, 0.5) is 4.79 Å². The second kappa shape index (κ2) is 1.12.